The molecule has 7 nitrogen and oxygen atoms in total. The number of carbonyl (C=O) groups excluding carboxylic acids is 1. The number of pyridine rings is 1. The van der Waals surface area contributed by atoms with E-state index >= 15 is 0 Å². The lowest BCUT2D eigenvalue weighted by Crippen LogP contribution is -2.22. The van der Waals surface area contributed by atoms with Crippen molar-refractivity contribution >= 4 is 28.0 Å². The van der Waals surface area contributed by atoms with E-state index in [1.165, 1.54) is 18.3 Å². The molecule has 2 aromatic heterocycles. The maximum absolute atomic E-state index is 14.3. The molecule has 0 saturated carbocycles. The van der Waals surface area contributed by atoms with Crippen molar-refractivity contribution < 1.29 is 27.1 Å². The fraction of sp³-hybridized carbons (Fsp3) is 0.207. The maximum atomic E-state index is 14.3. The molecule has 0 fully saturated rings. The molecule has 0 aliphatic heterocycles. The van der Waals surface area contributed by atoms with Gasteiger partial charge < -0.3 is 15.4 Å². The Morgan fingerprint density at radius 2 is 1.82 bits per heavy atom. The third-order valence-electron chi connectivity index (χ3n) is 5.93. The molecule has 2 aromatic carbocycles. The van der Waals surface area contributed by atoms with E-state index in [2.05, 4.69) is 25.8 Å². The Kier molecular flexibility index (Phi) is 9.28. The molecule has 0 aliphatic carbocycles. The molecule has 40 heavy (non-hydrogen) atoms. The van der Waals surface area contributed by atoms with Crippen LogP contribution in [0.1, 0.15) is 23.1 Å². The zero-order chi connectivity index (χ0) is 28.5. The number of allylic oxidation sites excluding steroid dienone is 1. The summed E-state index contributed by atoms with van der Waals surface area (Å²) in [7, 11) is 1.54. The number of hydrogen-bond donors (Lipinski definition) is 3. The number of rotatable bonds is 11. The van der Waals surface area contributed by atoms with Gasteiger partial charge in [0.05, 0.1) is 17.3 Å². The van der Waals surface area contributed by atoms with Gasteiger partial charge in [0.2, 0.25) is 17.7 Å². The third kappa shape index (κ3) is 7.54. The van der Waals surface area contributed by atoms with E-state index in [0.29, 0.717) is 41.2 Å². The topological polar surface area (TPSA) is 91.9 Å². The van der Waals surface area contributed by atoms with Crippen molar-refractivity contribution in [2.75, 3.05) is 26.7 Å². The maximum Gasteiger partial charge on any atom is 0.393 e. The van der Waals surface area contributed by atoms with Crippen LogP contribution < -0.4 is 15.4 Å². The number of halogens is 4. The first-order valence-corrected chi connectivity index (χ1v) is 12.4. The molecule has 3 N–H and O–H groups in total. The molecule has 0 unspecified atom stereocenters. The summed E-state index contributed by atoms with van der Waals surface area (Å²) < 4.78 is 61.5. The average molecular weight is 554 g/mol. The number of fused-ring (bicyclic) bond motifs is 1. The predicted molar refractivity (Wildman–Crippen MR) is 145 cm³/mol. The molecular formula is C29H27F4N5O2. The Bertz CT molecular complexity index is 1500. The van der Waals surface area contributed by atoms with Crippen molar-refractivity contribution in [2.24, 2.45) is 0 Å². The van der Waals surface area contributed by atoms with Crippen LogP contribution in [0.4, 0.5) is 17.6 Å². The minimum atomic E-state index is -4.50. The Balaban J connectivity index is 1.64. The van der Waals surface area contributed by atoms with Crippen molar-refractivity contribution in [1.29, 1.82) is 0 Å². The Hall–Kier alpha value is -4.51. The van der Waals surface area contributed by atoms with Crippen LogP contribution in [0, 0.1) is 5.95 Å². The van der Waals surface area contributed by atoms with Gasteiger partial charge in [-0.3, -0.25) is 9.89 Å². The van der Waals surface area contributed by atoms with E-state index in [4.69, 9.17) is 4.74 Å². The standard InChI is InChI=1S/C29H27F4N5O2/c1-34-25(39)8-5-13-35-14-15-40-26-12-10-21(18-36-26)27(20-9-11-24-22(16-20)28(30)38-37-24)23(17-29(31,32)33)19-6-3-2-4-7-19/h2-12,16,18,35H,13-15,17H2,1H3,(H,34,39)(H,37,38)/b8-5+,27-23-. The summed E-state index contributed by atoms with van der Waals surface area (Å²) in [4.78, 5) is 15.5. The highest BCUT2D eigenvalue weighted by Crippen LogP contribution is 2.40. The van der Waals surface area contributed by atoms with Gasteiger partial charge in [0, 0.05) is 44.0 Å². The molecule has 11 heteroatoms. The number of carbonyl (C=O) groups is 1. The lowest BCUT2D eigenvalue weighted by Gasteiger charge is -2.19. The summed E-state index contributed by atoms with van der Waals surface area (Å²) in [6, 6.07) is 16.1. The number of likely N-dealkylation sites (N-methyl/N-ethyl adjacent to an activating group) is 1. The van der Waals surface area contributed by atoms with Crippen molar-refractivity contribution in [3.8, 4) is 5.88 Å². The Labute approximate surface area is 228 Å². The van der Waals surface area contributed by atoms with Gasteiger partial charge in [0.1, 0.15) is 6.61 Å². The molecule has 1 amide bonds. The van der Waals surface area contributed by atoms with Gasteiger partial charge in [0.15, 0.2) is 0 Å². The second-order valence-electron chi connectivity index (χ2n) is 8.74. The number of amides is 1. The van der Waals surface area contributed by atoms with E-state index < -0.39 is 18.5 Å². The summed E-state index contributed by atoms with van der Waals surface area (Å²) in [5.41, 5.74) is 1.85. The lowest BCUT2D eigenvalue weighted by molar-refractivity contribution is -0.123. The minimum absolute atomic E-state index is 0.0285. The van der Waals surface area contributed by atoms with Crippen LogP contribution in [0.3, 0.4) is 0 Å². The molecule has 4 aromatic rings. The van der Waals surface area contributed by atoms with E-state index in [1.807, 2.05) is 0 Å². The summed E-state index contributed by atoms with van der Waals surface area (Å²) in [6.07, 6.45) is -1.16. The van der Waals surface area contributed by atoms with E-state index in [-0.39, 0.29) is 29.0 Å². The van der Waals surface area contributed by atoms with Crippen molar-refractivity contribution in [3.05, 3.63) is 102 Å². The highest BCUT2D eigenvalue weighted by atomic mass is 19.4. The molecule has 0 atom stereocenters. The van der Waals surface area contributed by atoms with Gasteiger partial charge in [-0.1, -0.05) is 42.5 Å². The molecule has 0 spiro atoms. The highest BCUT2D eigenvalue weighted by molar-refractivity contribution is 6.00. The first-order valence-electron chi connectivity index (χ1n) is 12.4. The van der Waals surface area contributed by atoms with Gasteiger partial charge in [-0.25, -0.2) is 4.98 Å². The number of aromatic nitrogens is 3. The van der Waals surface area contributed by atoms with Crippen LogP contribution in [-0.4, -0.2) is 54.0 Å². The minimum Gasteiger partial charge on any atom is -0.476 e. The van der Waals surface area contributed by atoms with Crippen LogP contribution in [0.15, 0.2) is 79.0 Å². The van der Waals surface area contributed by atoms with Gasteiger partial charge in [-0.15, -0.1) is 0 Å². The van der Waals surface area contributed by atoms with E-state index in [9.17, 15) is 22.4 Å². The lowest BCUT2D eigenvalue weighted by atomic mass is 9.88. The summed E-state index contributed by atoms with van der Waals surface area (Å²) in [5, 5.41) is 11.9. The summed E-state index contributed by atoms with van der Waals surface area (Å²) >= 11 is 0. The van der Waals surface area contributed by atoms with E-state index in [1.54, 1.807) is 67.7 Å². The van der Waals surface area contributed by atoms with Crippen LogP contribution in [0.2, 0.25) is 0 Å². The number of H-pyrrole nitrogens is 1. The summed E-state index contributed by atoms with van der Waals surface area (Å²) in [6.45, 7) is 1.23. The highest BCUT2D eigenvalue weighted by Gasteiger charge is 2.31. The fourth-order valence-corrected chi connectivity index (χ4v) is 4.10. The van der Waals surface area contributed by atoms with Crippen LogP contribution >= 0.6 is 0 Å². The Morgan fingerprint density at radius 1 is 1.05 bits per heavy atom. The predicted octanol–water partition coefficient (Wildman–Crippen LogP) is 5.28. The van der Waals surface area contributed by atoms with Gasteiger partial charge in [0.25, 0.3) is 0 Å². The van der Waals surface area contributed by atoms with Gasteiger partial charge in [-0.05, 0) is 40.5 Å². The molecule has 208 valence electrons. The monoisotopic (exact) mass is 553 g/mol. The number of alkyl halides is 3. The van der Waals surface area contributed by atoms with Crippen molar-refractivity contribution in [2.45, 2.75) is 12.6 Å². The molecular weight excluding hydrogens is 526 g/mol. The van der Waals surface area contributed by atoms with Crippen LogP contribution in [0.5, 0.6) is 5.88 Å². The first-order chi connectivity index (χ1) is 19.2. The zero-order valence-electron chi connectivity index (χ0n) is 21.6. The average Bonchev–Trinajstić information content (AvgIpc) is 3.32. The van der Waals surface area contributed by atoms with Crippen LogP contribution in [0.25, 0.3) is 22.0 Å². The molecule has 0 saturated heterocycles. The fourth-order valence-electron chi connectivity index (χ4n) is 4.10. The SMILES string of the molecule is CNC(=O)/C=C/CNCCOc1ccc(/C(=C(/CC(F)(F)F)c2ccccc2)c2ccc3n[nH]c(F)c3c2)cn1. The van der Waals surface area contributed by atoms with Crippen molar-refractivity contribution in [3.63, 3.8) is 0 Å². The Morgan fingerprint density at radius 3 is 2.52 bits per heavy atom. The van der Waals surface area contributed by atoms with Gasteiger partial charge >= 0.3 is 6.18 Å². The molecule has 2 heterocycles. The van der Waals surface area contributed by atoms with Gasteiger partial charge in [-0.2, -0.15) is 22.7 Å². The molecule has 0 radical (unpaired) electrons. The quantitative estimate of drug-likeness (QED) is 0.102. The molecule has 0 bridgehead atoms. The second kappa shape index (κ2) is 13.0. The zero-order valence-corrected chi connectivity index (χ0v) is 21.6. The number of aromatic amines is 1. The molecule has 4 rings (SSSR count). The third-order valence-corrected chi connectivity index (χ3v) is 5.93. The number of hydrogen-bond acceptors (Lipinski definition) is 5. The normalized spacial score (nSPS) is 12.5. The number of nitrogens with zero attached hydrogens (tertiary/aromatic N) is 2. The smallest absolute Gasteiger partial charge is 0.393 e. The largest absolute Gasteiger partial charge is 0.476 e. The van der Waals surface area contributed by atoms with Crippen LogP contribution in [-0.2, 0) is 4.79 Å². The first kappa shape index (κ1) is 28.5. The number of benzene rings is 2. The second-order valence-corrected chi connectivity index (χ2v) is 8.74. The van der Waals surface area contributed by atoms with Crippen molar-refractivity contribution in [1.82, 2.24) is 25.8 Å². The number of ether oxygens (including phenoxy) is 1. The molecule has 0 aliphatic rings. The number of nitrogens with one attached hydrogen (secondary N) is 3. The summed E-state index contributed by atoms with van der Waals surface area (Å²) in [5.74, 6) is -0.580. The van der Waals surface area contributed by atoms with E-state index in [0.717, 1.165) is 0 Å².